The van der Waals surface area contributed by atoms with E-state index in [1.165, 1.54) is 0 Å². The Balaban J connectivity index is 1.98. The van der Waals surface area contributed by atoms with Gasteiger partial charge in [-0.1, -0.05) is 26.0 Å². The smallest absolute Gasteiger partial charge is 0.223 e. The maximum atomic E-state index is 5.74. The number of anilines is 1. The lowest BCUT2D eigenvalue weighted by Gasteiger charge is -2.11. The number of hydrogen-bond donors (Lipinski definition) is 1. The minimum absolute atomic E-state index is 0.524. The second kappa shape index (κ2) is 7.07. The zero-order valence-electron chi connectivity index (χ0n) is 13.2. The fraction of sp³-hybridized carbons (Fsp3) is 0.412. The monoisotopic (exact) mass is 285 g/mol. The molecule has 0 radical (unpaired) electrons. The molecule has 1 heterocycles. The summed E-state index contributed by atoms with van der Waals surface area (Å²) in [6.07, 6.45) is 0. The first kappa shape index (κ1) is 15.3. The second-order valence-electron chi connectivity index (χ2n) is 5.68. The van der Waals surface area contributed by atoms with Crippen LogP contribution in [0, 0.1) is 19.8 Å². The van der Waals surface area contributed by atoms with Gasteiger partial charge in [0, 0.05) is 17.9 Å². The number of nitrogens with zero attached hydrogens (tertiary/aromatic N) is 2. The van der Waals surface area contributed by atoms with Gasteiger partial charge in [0.05, 0.1) is 6.61 Å². The van der Waals surface area contributed by atoms with Crippen LogP contribution < -0.4 is 10.1 Å². The number of hydrogen-bond acceptors (Lipinski definition) is 4. The zero-order valence-corrected chi connectivity index (χ0v) is 13.2. The third kappa shape index (κ3) is 5.06. The summed E-state index contributed by atoms with van der Waals surface area (Å²) in [6, 6.07) is 10.1. The van der Waals surface area contributed by atoms with Crippen LogP contribution >= 0.6 is 0 Å². The molecule has 2 rings (SSSR count). The third-order valence-corrected chi connectivity index (χ3v) is 2.91. The van der Waals surface area contributed by atoms with E-state index in [1.54, 1.807) is 0 Å². The molecular weight excluding hydrogens is 262 g/mol. The fourth-order valence-corrected chi connectivity index (χ4v) is 1.99. The maximum absolute atomic E-state index is 5.74. The summed E-state index contributed by atoms with van der Waals surface area (Å²) < 4.78 is 5.74. The van der Waals surface area contributed by atoms with Gasteiger partial charge in [-0.05, 0) is 43.5 Å². The number of benzene rings is 1. The van der Waals surface area contributed by atoms with Crippen molar-refractivity contribution in [3.63, 3.8) is 0 Å². The van der Waals surface area contributed by atoms with Gasteiger partial charge in [0.25, 0.3) is 0 Å². The molecule has 1 aromatic carbocycles. The van der Waals surface area contributed by atoms with Gasteiger partial charge in [-0.3, -0.25) is 0 Å². The molecule has 1 aromatic heterocycles. The van der Waals surface area contributed by atoms with Gasteiger partial charge >= 0.3 is 0 Å². The molecule has 0 aliphatic carbocycles. The van der Waals surface area contributed by atoms with Gasteiger partial charge in [0.1, 0.15) is 5.75 Å². The van der Waals surface area contributed by atoms with Crippen molar-refractivity contribution in [2.75, 3.05) is 11.9 Å². The molecule has 4 nitrogen and oxygen atoms in total. The van der Waals surface area contributed by atoms with E-state index in [0.717, 1.165) is 29.3 Å². The van der Waals surface area contributed by atoms with Crippen molar-refractivity contribution in [3.8, 4) is 5.75 Å². The molecule has 0 aliphatic rings. The standard InChI is InChI=1S/C17H23N3O/c1-12(2)11-21-16-7-5-6-15(9-16)10-18-17-19-13(3)8-14(4)20-17/h5-9,12H,10-11H2,1-4H3,(H,18,19,20). The highest BCUT2D eigenvalue weighted by molar-refractivity contribution is 5.33. The molecule has 0 unspecified atom stereocenters. The number of rotatable bonds is 6. The highest BCUT2D eigenvalue weighted by Crippen LogP contribution is 2.15. The molecule has 0 fully saturated rings. The summed E-state index contributed by atoms with van der Waals surface area (Å²) in [5.41, 5.74) is 3.09. The van der Waals surface area contributed by atoms with Gasteiger partial charge in [0.15, 0.2) is 0 Å². The third-order valence-electron chi connectivity index (χ3n) is 2.91. The van der Waals surface area contributed by atoms with Crippen molar-refractivity contribution in [2.24, 2.45) is 5.92 Å². The SMILES string of the molecule is Cc1cc(C)nc(NCc2cccc(OCC(C)C)c2)n1. The molecule has 1 N–H and O–H groups in total. The topological polar surface area (TPSA) is 47.0 Å². The molecule has 0 saturated heterocycles. The zero-order chi connectivity index (χ0) is 15.2. The van der Waals surface area contributed by atoms with Crippen LogP contribution in [0.1, 0.15) is 30.8 Å². The molecule has 0 atom stereocenters. The van der Waals surface area contributed by atoms with Gasteiger partial charge in [-0.15, -0.1) is 0 Å². The summed E-state index contributed by atoms with van der Waals surface area (Å²) in [5.74, 6) is 2.10. The van der Waals surface area contributed by atoms with Crippen molar-refractivity contribution in [1.82, 2.24) is 9.97 Å². The average molecular weight is 285 g/mol. The minimum atomic E-state index is 0.524. The van der Waals surface area contributed by atoms with Gasteiger partial charge < -0.3 is 10.1 Å². The molecule has 4 heteroatoms. The molecule has 0 bridgehead atoms. The molecule has 0 spiro atoms. The van der Waals surface area contributed by atoms with E-state index in [0.29, 0.717) is 18.4 Å². The molecular formula is C17H23N3O. The van der Waals surface area contributed by atoms with Crippen LogP contribution in [0.15, 0.2) is 30.3 Å². The average Bonchev–Trinajstić information content (AvgIpc) is 2.42. The Morgan fingerprint density at radius 2 is 1.81 bits per heavy atom. The fourth-order valence-electron chi connectivity index (χ4n) is 1.99. The van der Waals surface area contributed by atoms with E-state index in [1.807, 2.05) is 32.0 Å². The van der Waals surface area contributed by atoms with Crippen molar-refractivity contribution < 1.29 is 4.74 Å². The van der Waals surface area contributed by atoms with E-state index in [-0.39, 0.29) is 0 Å². The lowest BCUT2D eigenvalue weighted by atomic mass is 10.2. The number of nitrogens with one attached hydrogen (secondary N) is 1. The van der Waals surface area contributed by atoms with Crippen molar-refractivity contribution >= 4 is 5.95 Å². The molecule has 0 amide bonds. The van der Waals surface area contributed by atoms with Crippen molar-refractivity contribution in [1.29, 1.82) is 0 Å². The molecule has 0 aliphatic heterocycles. The first-order valence-corrected chi connectivity index (χ1v) is 7.31. The quantitative estimate of drug-likeness (QED) is 0.878. The van der Waals surface area contributed by atoms with Crippen molar-refractivity contribution in [3.05, 3.63) is 47.3 Å². The van der Waals surface area contributed by atoms with E-state index >= 15 is 0 Å². The van der Waals surface area contributed by atoms with E-state index in [9.17, 15) is 0 Å². The number of aromatic nitrogens is 2. The second-order valence-corrected chi connectivity index (χ2v) is 5.68. The molecule has 2 aromatic rings. The Morgan fingerprint density at radius 3 is 2.48 bits per heavy atom. The Labute approximate surface area is 126 Å². The Hall–Kier alpha value is -2.10. The Bertz CT molecular complexity index is 576. The summed E-state index contributed by atoms with van der Waals surface area (Å²) in [7, 11) is 0. The lowest BCUT2D eigenvalue weighted by molar-refractivity contribution is 0.271. The van der Waals surface area contributed by atoms with Crippen LogP contribution in [0.3, 0.4) is 0 Å². The first-order chi connectivity index (χ1) is 10.0. The van der Waals surface area contributed by atoms with Gasteiger partial charge in [0.2, 0.25) is 5.95 Å². The normalized spacial score (nSPS) is 10.7. The van der Waals surface area contributed by atoms with Gasteiger partial charge in [-0.25, -0.2) is 9.97 Å². The molecule has 0 saturated carbocycles. The first-order valence-electron chi connectivity index (χ1n) is 7.31. The largest absolute Gasteiger partial charge is 0.493 e. The van der Waals surface area contributed by atoms with Crippen LogP contribution in [0.5, 0.6) is 5.75 Å². The highest BCUT2D eigenvalue weighted by atomic mass is 16.5. The highest BCUT2D eigenvalue weighted by Gasteiger charge is 2.02. The number of ether oxygens (including phenoxy) is 1. The van der Waals surface area contributed by atoms with Crippen LogP contribution in [0.4, 0.5) is 5.95 Å². The predicted molar refractivity (Wildman–Crippen MR) is 85.6 cm³/mol. The van der Waals surface area contributed by atoms with Gasteiger partial charge in [-0.2, -0.15) is 0 Å². The molecule has 112 valence electrons. The van der Waals surface area contributed by atoms with Crippen LogP contribution in [-0.2, 0) is 6.54 Å². The van der Waals surface area contributed by atoms with E-state index < -0.39 is 0 Å². The van der Waals surface area contributed by atoms with Crippen LogP contribution in [0.25, 0.3) is 0 Å². The van der Waals surface area contributed by atoms with Crippen molar-refractivity contribution in [2.45, 2.75) is 34.2 Å². The lowest BCUT2D eigenvalue weighted by Crippen LogP contribution is -2.07. The van der Waals surface area contributed by atoms with E-state index in [2.05, 4.69) is 41.3 Å². The van der Waals surface area contributed by atoms with Crippen LogP contribution in [0.2, 0.25) is 0 Å². The summed E-state index contributed by atoms with van der Waals surface area (Å²) >= 11 is 0. The molecule has 21 heavy (non-hydrogen) atoms. The number of aryl methyl sites for hydroxylation is 2. The summed E-state index contributed by atoms with van der Waals surface area (Å²) in [5, 5.41) is 3.26. The van der Waals surface area contributed by atoms with E-state index in [4.69, 9.17) is 4.74 Å². The minimum Gasteiger partial charge on any atom is -0.493 e. The predicted octanol–water partition coefficient (Wildman–Crippen LogP) is 3.74. The summed E-state index contributed by atoms with van der Waals surface area (Å²) in [6.45, 7) is 9.64. The van der Waals surface area contributed by atoms with Crippen LogP contribution in [-0.4, -0.2) is 16.6 Å². The Kier molecular flexibility index (Phi) is 5.14. The summed E-state index contributed by atoms with van der Waals surface area (Å²) in [4.78, 5) is 8.76. The Morgan fingerprint density at radius 1 is 1.10 bits per heavy atom. The maximum Gasteiger partial charge on any atom is 0.223 e.